The molecule has 0 aliphatic heterocycles. The highest BCUT2D eigenvalue weighted by atomic mass is 16.5. The number of methoxy groups -OCH3 is 2. The molecule has 136 valence electrons. The van der Waals surface area contributed by atoms with E-state index >= 15 is 0 Å². The first-order valence-corrected chi connectivity index (χ1v) is 8.76. The number of hydrogen-bond donors (Lipinski definition) is 2. The lowest BCUT2D eigenvalue weighted by atomic mass is 10.0. The minimum absolute atomic E-state index is 0.354. The van der Waals surface area contributed by atoms with E-state index in [9.17, 15) is 5.11 Å². The van der Waals surface area contributed by atoms with Gasteiger partial charge in [0.05, 0.1) is 26.8 Å². The van der Waals surface area contributed by atoms with Crippen LogP contribution in [0, 0.1) is 6.92 Å². The minimum atomic E-state index is 0.354. The van der Waals surface area contributed by atoms with Crippen molar-refractivity contribution < 1.29 is 19.5 Å². The number of aromatic hydroxyl groups is 1. The number of ether oxygens (including phenoxy) is 2. The van der Waals surface area contributed by atoms with Crippen molar-refractivity contribution in [1.82, 2.24) is 0 Å². The molecule has 0 heterocycles. The molecule has 1 atom stereocenters. The van der Waals surface area contributed by atoms with Crippen LogP contribution < -0.4 is 14.4 Å². The standard InChI is InChI=1S/C22H25NO3/c1-15-11-21(25-3)22(26-4)12-17(15)13-23(2)14-19-18-8-6-5-7-16(18)9-10-20(19)24/h5-12,24H,13-14H2,1-4H3/p+1. The Bertz CT molecular complexity index is 921. The second kappa shape index (κ2) is 7.67. The predicted octanol–water partition coefficient (Wildman–Crippen LogP) is 3.09. The molecule has 3 aromatic rings. The van der Waals surface area contributed by atoms with Gasteiger partial charge in [-0.2, -0.15) is 0 Å². The second-order valence-corrected chi connectivity index (χ2v) is 6.73. The molecule has 0 aliphatic carbocycles. The zero-order valence-corrected chi connectivity index (χ0v) is 15.8. The number of rotatable bonds is 6. The molecule has 0 amide bonds. The van der Waals surface area contributed by atoms with Crippen LogP contribution in [0.15, 0.2) is 48.5 Å². The van der Waals surface area contributed by atoms with Crippen molar-refractivity contribution in [1.29, 1.82) is 0 Å². The van der Waals surface area contributed by atoms with Crippen LogP contribution in [0.5, 0.6) is 17.2 Å². The van der Waals surface area contributed by atoms with Gasteiger partial charge in [-0.1, -0.05) is 30.3 Å². The second-order valence-electron chi connectivity index (χ2n) is 6.73. The summed E-state index contributed by atoms with van der Waals surface area (Å²) in [6.07, 6.45) is 0. The van der Waals surface area contributed by atoms with Crippen LogP contribution in [0.2, 0.25) is 0 Å². The summed E-state index contributed by atoms with van der Waals surface area (Å²) in [5, 5.41) is 12.6. The third-order valence-corrected chi connectivity index (χ3v) is 4.83. The lowest BCUT2D eigenvalue weighted by Gasteiger charge is -2.19. The molecule has 2 N–H and O–H groups in total. The van der Waals surface area contributed by atoms with E-state index in [4.69, 9.17) is 9.47 Å². The molecule has 26 heavy (non-hydrogen) atoms. The Labute approximate surface area is 154 Å². The maximum absolute atomic E-state index is 10.4. The van der Waals surface area contributed by atoms with Crippen LogP contribution in [-0.4, -0.2) is 26.4 Å². The van der Waals surface area contributed by atoms with Gasteiger partial charge in [-0.05, 0) is 41.5 Å². The van der Waals surface area contributed by atoms with Gasteiger partial charge >= 0.3 is 0 Å². The molecule has 0 saturated heterocycles. The quantitative estimate of drug-likeness (QED) is 0.716. The van der Waals surface area contributed by atoms with E-state index in [1.807, 2.05) is 30.3 Å². The fourth-order valence-corrected chi connectivity index (χ4v) is 3.41. The number of phenols is 1. The fraction of sp³-hybridized carbons (Fsp3) is 0.273. The van der Waals surface area contributed by atoms with Crippen molar-refractivity contribution in [3.05, 3.63) is 65.2 Å². The number of hydrogen-bond acceptors (Lipinski definition) is 3. The summed E-state index contributed by atoms with van der Waals surface area (Å²) >= 11 is 0. The Kier molecular flexibility index (Phi) is 5.33. The smallest absolute Gasteiger partial charge is 0.161 e. The lowest BCUT2D eigenvalue weighted by molar-refractivity contribution is -0.907. The Morgan fingerprint density at radius 1 is 0.923 bits per heavy atom. The topological polar surface area (TPSA) is 43.1 Å². The molecular formula is C22H26NO3+. The van der Waals surface area contributed by atoms with Crippen molar-refractivity contribution in [2.75, 3.05) is 21.3 Å². The zero-order chi connectivity index (χ0) is 18.7. The van der Waals surface area contributed by atoms with E-state index in [0.717, 1.165) is 40.9 Å². The van der Waals surface area contributed by atoms with Gasteiger partial charge in [0.25, 0.3) is 0 Å². The first-order chi connectivity index (χ1) is 12.5. The van der Waals surface area contributed by atoms with Gasteiger partial charge in [0.1, 0.15) is 18.8 Å². The molecule has 0 radical (unpaired) electrons. The van der Waals surface area contributed by atoms with Crippen molar-refractivity contribution in [3.63, 3.8) is 0 Å². The maximum Gasteiger partial charge on any atom is 0.161 e. The lowest BCUT2D eigenvalue weighted by Crippen LogP contribution is -3.06. The highest BCUT2D eigenvalue weighted by molar-refractivity contribution is 5.87. The van der Waals surface area contributed by atoms with Gasteiger partial charge < -0.3 is 19.5 Å². The molecule has 4 nitrogen and oxygen atoms in total. The average Bonchev–Trinajstić information content (AvgIpc) is 2.65. The molecule has 0 fully saturated rings. The largest absolute Gasteiger partial charge is 0.507 e. The average molecular weight is 352 g/mol. The molecule has 3 aromatic carbocycles. The summed E-state index contributed by atoms with van der Waals surface area (Å²) in [4.78, 5) is 1.28. The molecule has 3 rings (SSSR count). The number of aryl methyl sites for hydroxylation is 1. The van der Waals surface area contributed by atoms with Gasteiger partial charge in [-0.15, -0.1) is 0 Å². The predicted molar refractivity (Wildman–Crippen MR) is 104 cm³/mol. The van der Waals surface area contributed by atoms with E-state index in [1.165, 1.54) is 16.0 Å². The Morgan fingerprint density at radius 3 is 2.35 bits per heavy atom. The molecule has 4 heteroatoms. The Balaban J connectivity index is 1.86. The monoisotopic (exact) mass is 352 g/mol. The normalized spacial score (nSPS) is 12.2. The Hall–Kier alpha value is -2.72. The van der Waals surface area contributed by atoms with Crippen molar-refractivity contribution in [2.24, 2.45) is 0 Å². The van der Waals surface area contributed by atoms with Crippen molar-refractivity contribution >= 4 is 10.8 Å². The SMILES string of the molecule is COc1cc(C)c(C[NH+](C)Cc2c(O)ccc3ccccc23)cc1OC. The molecule has 1 unspecified atom stereocenters. The summed E-state index contributed by atoms with van der Waals surface area (Å²) in [5.74, 6) is 1.85. The summed E-state index contributed by atoms with van der Waals surface area (Å²) in [6, 6.07) is 16.0. The van der Waals surface area contributed by atoms with Crippen LogP contribution in [0.4, 0.5) is 0 Å². The van der Waals surface area contributed by atoms with Gasteiger partial charge in [-0.25, -0.2) is 0 Å². The molecular weight excluding hydrogens is 326 g/mol. The summed E-state index contributed by atoms with van der Waals surface area (Å²) < 4.78 is 10.8. The van der Waals surface area contributed by atoms with E-state index in [-0.39, 0.29) is 0 Å². The number of quaternary nitrogens is 1. The van der Waals surface area contributed by atoms with Crippen LogP contribution in [0.25, 0.3) is 10.8 Å². The van der Waals surface area contributed by atoms with Crippen molar-refractivity contribution in [3.8, 4) is 17.2 Å². The van der Waals surface area contributed by atoms with Crippen molar-refractivity contribution in [2.45, 2.75) is 20.0 Å². The molecule has 0 saturated carbocycles. The van der Waals surface area contributed by atoms with E-state index in [2.05, 4.69) is 26.1 Å². The minimum Gasteiger partial charge on any atom is -0.507 e. The van der Waals surface area contributed by atoms with Crippen LogP contribution in [0.1, 0.15) is 16.7 Å². The molecule has 0 spiro atoms. The summed E-state index contributed by atoms with van der Waals surface area (Å²) in [6.45, 7) is 3.65. The van der Waals surface area contributed by atoms with Gasteiger partial charge in [0.15, 0.2) is 11.5 Å². The van der Waals surface area contributed by atoms with E-state index in [1.54, 1.807) is 20.3 Å². The van der Waals surface area contributed by atoms with E-state index in [0.29, 0.717) is 5.75 Å². The molecule has 0 bridgehead atoms. The highest BCUT2D eigenvalue weighted by Gasteiger charge is 2.15. The Morgan fingerprint density at radius 2 is 1.62 bits per heavy atom. The number of nitrogens with one attached hydrogen (secondary N) is 1. The third kappa shape index (κ3) is 3.60. The van der Waals surface area contributed by atoms with Gasteiger partial charge in [-0.3, -0.25) is 0 Å². The van der Waals surface area contributed by atoms with E-state index < -0.39 is 0 Å². The number of benzene rings is 3. The number of phenolic OH excluding ortho intramolecular Hbond substituents is 1. The molecule has 0 aliphatic rings. The first-order valence-electron chi connectivity index (χ1n) is 8.76. The highest BCUT2D eigenvalue weighted by Crippen LogP contribution is 2.30. The fourth-order valence-electron chi connectivity index (χ4n) is 3.41. The first kappa shape index (κ1) is 18.1. The van der Waals surface area contributed by atoms with Crippen LogP contribution in [0.3, 0.4) is 0 Å². The van der Waals surface area contributed by atoms with Crippen LogP contribution >= 0.6 is 0 Å². The third-order valence-electron chi connectivity index (χ3n) is 4.83. The summed E-state index contributed by atoms with van der Waals surface area (Å²) in [7, 11) is 5.44. The maximum atomic E-state index is 10.4. The van der Waals surface area contributed by atoms with Crippen LogP contribution in [-0.2, 0) is 13.1 Å². The zero-order valence-electron chi connectivity index (χ0n) is 15.8. The van der Waals surface area contributed by atoms with Gasteiger partial charge in [0.2, 0.25) is 0 Å². The van der Waals surface area contributed by atoms with Gasteiger partial charge in [0, 0.05) is 5.56 Å². The molecule has 0 aromatic heterocycles. The number of fused-ring (bicyclic) bond motifs is 1. The summed E-state index contributed by atoms with van der Waals surface area (Å²) in [5.41, 5.74) is 3.36.